The Balaban J connectivity index is 2.02. The number of aromatic nitrogens is 4. The Bertz CT molecular complexity index is 1240. The molecular weight excluding hydrogens is 452 g/mol. The summed E-state index contributed by atoms with van der Waals surface area (Å²) in [6, 6.07) is 13.9. The molecule has 0 aliphatic rings. The number of alkyl halides is 3. The number of benzene rings is 2. The van der Waals surface area contributed by atoms with Crippen LogP contribution in [0.5, 0.6) is 5.88 Å². The van der Waals surface area contributed by atoms with Crippen molar-refractivity contribution in [1.29, 1.82) is 0 Å². The Hall–Kier alpha value is -2.84. The summed E-state index contributed by atoms with van der Waals surface area (Å²) in [6.45, 7) is 0.312. The van der Waals surface area contributed by atoms with E-state index < -0.39 is 12.8 Å². The van der Waals surface area contributed by atoms with E-state index in [4.69, 9.17) is 27.9 Å². The normalized spacial score (nSPS) is 11.8. The molecule has 0 amide bonds. The van der Waals surface area contributed by atoms with Gasteiger partial charge < -0.3 is 4.74 Å². The lowest BCUT2D eigenvalue weighted by molar-refractivity contribution is -0.153. The SMILES string of the molecule is CCc1nc(OCC(F)(F)F)c2nn(-c3ccccc3Cl)c(-c3ccc(Cl)cc3)c2n1. The van der Waals surface area contributed by atoms with Gasteiger partial charge in [-0.1, -0.05) is 54.4 Å². The molecule has 0 unspecified atom stereocenters. The molecule has 4 aromatic rings. The van der Waals surface area contributed by atoms with Crippen LogP contribution in [0.15, 0.2) is 48.5 Å². The predicted octanol–water partition coefficient (Wildman–Crippen LogP) is 6.29. The van der Waals surface area contributed by atoms with Gasteiger partial charge in [-0.05, 0) is 24.3 Å². The molecule has 2 heterocycles. The first-order valence-electron chi connectivity index (χ1n) is 9.27. The molecule has 5 nitrogen and oxygen atoms in total. The van der Waals surface area contributed by atoms with Crippen LogP contribution < -0.4 is 4.74 Å². The van der Waals surface area contributed by atoms with E-state index in [1.54, 1.807) is 55.5 Å². The van der Waals surface area contributed by atoms with Crippen molar-refractivity contribution in [2.75, 3.05) is 6.61 Å². The topological polar surface area (TPSA) is 52.8 Å². The number of ether oxygens (including phenoxy) is 1. The fraction of sp³-hybridized carbons (Fsp3) is 0.190. The van der Waals surface area contributed by atoms with E-state index in [-0.39, 0.29) is 11.4 Å². The number of para-hydroxylation sites is 1. The van der Waals surface area contributed by atoms with Crippen molar-refractivity contribution in [3.63, 3.8) is 0 Å². The quantitative estimate of drug-likeness (QED) is 0.346. The van der Waals surface area contributed by atoms with Crippen LogP contribution >= 0.6 is 23.2 Å². The Morgan fingerprint density at radius 1 is 0.968 bits per heavy atom. The van der Waals surface area contributed by atoms with E-state index in [9.17, 15) is 13.2 Å². The van der Waals surface area contributed by atoms with Gasteiger partial charge in [-0.2, -0.15) is 23.3 Å². The van der Waals surface area contributed by atoms with E-state index in [1.165, 1.54) is 4.68 Å². The van der Waals surface area contributed by atoms with E-state index in [1.807, 2.05) is 0 Å². The molecule has 0 aliphatic carbocycles. The molecule has 0 radical (unpaired) electrons. The first-order valence-corrected chi connectivity index (χ1v) is 10.0. The minimum Gasteiger partial charge on any atom is -0.466 e. The highest BCUT2D eigenvalue weighted by molar-refractivity contribution is 6.32. The maximum absolute atomic E-state index is 12.8. The van der Waals surface area contributed by atoms with Crippen molar-refractivity contribution >= 4 is 34.2 Å². The molecule has 0 spiro atoms. The minimum absolute atomic E-state index is 0.103. The zero-order chi connectivity index (χ0) is 22.2. The van der Waals surface area contributed by atoms with E-state index in [0.717, 1.165) is 0 Å². The second-order valence-corrected chi connectivity index (χ2v) is 7.46. The third kappa shape index (κ3) is 4.45. The van der Waals surface area contributed by atoms with Crippen LogP contribution in [0.3, 0.4) is 0 Å². The summed E-state index contributed by atoms with van der Waals surface area (Å²) in [6.07, 6.45) is -4.12. The molecule has 31 heavy (non-hydrogen) atoms. The Morgan fingerprint density at radius 2 is 1.68 bits per heavy atom. The summed E-state index contributed by atoms with van der Waals surface area (Å²) < 4.78 is 45.0. The molecule has 2 aromatic heterocycles. The third-order valence-corrected chi connectivity index (χ3v) is 4.99. The molecule has 2 aromatic carbocycles. The summed E-state index contributed by atoms with van der Waals surface area (Å²) in [5, 5.41) is 5.45. The molecule has 10 heteroatoms. The highest BCUT2D eigenvalue weighted by atomic mass is 35.5. The summed E-state index contributed by atoms with van der Waals surface area (Å²) in [5.74, 6) is 0.0961. The zero-order valence-corrected chi connectivity index (χ0v) is 17.6. The zero-order valence-electron chi connectivity index (χ0n) is 16.1. The van der Waals surface area contributed by atoms with Gasteiger partial charge in [0.2, 0.25) is 5.88 Å². The van der Waals surface area contributed by atoms with Gasteiger partial charge in [0.15, 0.2) is 12.1 Å². The van der Waals surface area contributed by atoms with Gasteiger partial charge >= 0.3 is 6.18 Å². The third-order valence-electron chi connectivity index (χ3n) is 4.42. The van der Waals surface area contributed by atoms with Gasteiger partial charge in [0, 0.05) is 17.0 Å². The van der Waals surface area contributed by atoms with Crippen LogP contribution in [-0.2, 0) is 6.42 Å². The fourth-order valence-corrected chi connectivity index (χ4v) is 3.40. The largest absolute Gasteiger partial charge is 0.466 e. The number of aryl methyl sites for hydroxylation is 1. The lowest BCUT2D eigenvalue weighted by atomic mass is 10.1. The first-order chi connectivity index (χ1) is 14.8. The van der Waals surface area contributed by atoms with Gasteiger partial charge in [-0.3, -0.25) is 0 Å². The number of nitrogens with zero attached hydrogens (tertiary/aromatic N) is 4. The first kappa shape index (κ1) is 21.4. The lowest BCUT2D eigenvalue weighted by Crippen LogP contribution is -2.20. The molecule has 0 saturated carbocycles. The fourth-order valence-electron chi connectivity index (χ4n) is 3.06. The van der Waals surface area contributed by atoms with Crippen LogP contribution in [0, 0.1) is 0 Å². The van der Waals surface area contributed by atoms with Gasteiger partial charge in [-0.25, -0.2) is 9.67 Å². The van der Waals surface area contributed by atoms with Crippen LogP contribution in [0.25, 0.3) is 28.0 Å². The number of fused-ring (bicyclic) bond motifs is 1. The monoisotopic (exact) mass is 466 g/mol. The summed E-state index contributed by atoms with van der Waals surface area (Å²) in [4.78, 5) is 8.68. The van der Waals surface area contributed by atoms with Crippen LogP contribution in [0.2, 0.25) is 10.0 Å². The average molecular weight is 467 g/mol. The van der Waals surface area contributed by atoms with E-state index in [2.05, 4.69) is 15.1 Å². The Kier molecular flexibility index (Phi) is 5.77. The van der Waals surface area contributed by atoms with Gasteiger partial charge in [0.1, 0.15) is 17.0 Å². The molecule has 160 valence electrons. The van der Waals surface area contributed by atoms with Crippen LogP contribution in [0.4, 0.5) is 13.2 Å². The summed E-state index contributed by atoms with van der Waals surface area (Å²) in [5.41, 5.74) is 2.23. The molecule has 0 N–H and O–H groups in total. The second-order valence-electron chi connectivity index (χ2n) is 6.62. The van der Waals surface area contributed by atoms with E-state index >= 15 is 0 Å². The maximum atomic E-state index is 12.8. The summed E-state index contributed by atoms with van der Waals surface area (Å²) in [7, 11) is 0. The van der Waals surface area contributed by atoms with Crippen molar-refractivity contribution in [2.24, 2.45) is 0 Å². The predicted molar refractivity (Wildman–Crippen MR) is 113 cm³/mol. The highest BCUT2D eigenvalue weighted by Crippen LogP contribution is 2.36. The average Bonchev–Trinajstić information content (AvgIpc) is 3.11. The van der Waals surface area contributed by atoms with Crippen molar-refractivity contribution in [3.8, 4) is 22.8 Å². The van der Waals surface area contributed by atoms with Crippen molar-refractivity contribution in [1.82, 2.24) is 19.7 Å². The summed E-state index contributed by atoms with van der Waals surface area (Å²) >= 11 is 12.4. The number of rotatable bonds is 5. The van der Waals surface area contributed by atoms with Crippen LogP contribution in [-0.4, -0.2) is 32.5 Å². The molecule has 0 fully saturated rings. The number of halogens is 5. The second kappa shape index (κ2) is 8.36. The maximum Gasteiger partial charge on any atom is 0.422 e. The molecule has 0 atom stereocenters. The smallest absolute Gasteiger partial charge is 0.422 e. The number of hydrogen-bond donors (Lipinski definition) is 0. The Morgan fingerprint density at radius 3 is 2.32 bits per heavy atom. The van der Waals surface area contributed by atoms with Gasteiger partial charge in [0.25, 0.3) is 0 Å². The molecule has 0 bridgehead atoms. The molecule has 0 aliphatic heterocycles. The van der Waals surface area contributed by atoms with Gasteiger partial charge in [-0.15, -0.1) is 0 Å². The molecule has 0 saturated heterocycles. The van der Waals surface area contributed by atoms with Crippen molar-refractivity contribution < 1.29 is 17.9 Å². The Labute approximate surface area is 185 Å². The van der Waals surface area contributed by atoms with Gasteiger partial charge in [0.05, 0.1) is 10.7 Å². The van der Waals surface area contributed by atoms with Crippen molar-refractivity contribution in [3.05, 3.63) is 64.4 Å². The van der Waals surface area contributed by atoms with E-state index in [0.29, 0.717) is 44.8 Å². The minimum atomic E-state index is -4.52. The standard InChI is InChI=1S/C21H15Cl2F3N4O/c1-2-16-27-17-18(20(28-16)31-11-21(24,25)26)29-30(15-6-4-3-5-14(15)23)19(17)12-7-9-13(22)10-8-12/h3-10H,2,11H2,1H3. The van der Waals surface area contributed by atoms with Crippen LogP contribution in [0.1, 0.15) is 12.7 Å². The highest BCUT2D eigenvalue weighted by Gasteiger charge is 2.30. The lowest BCUT2D eigenvalue weighted by Gasteiger charge is -2.10. The molecule has 4 rings (SSSR count). The van der Waals surface area contributed by atoms with Crippen molar-refractivity contribution in [2.45, 2.75) is 19.5 Å². The number of hydrogen-bond acceptors (Lipinski definition) is 4. The molecular formula is C21H15Cl2F3N4O.